The van der Waals surface area contributed by atoms with Crippen molar-refractivity contribution in [2.75, 3.05) is 12.3 Å². The zero-order chi connectivity index (χ0) is 14.4. The molecule has 2 N–H and O–H groups in total. The highest BCUT2D eigenvalue weighted by atomic mass is 16.5. The van der Waals surface area contributed by atoms with Crippen molar-refractivity contribution in [2.24, 2.45) is 0 Å². The van der Waals surface area contributed by atoms with E-state index in [0.717, 1.165) is 12.1 Å². The number of nitrogen functional groups attached to an aromatic ring is 1. The minimum atomic E-state index is 0.306. The van der Waals surface area contributed by atoms with Crippen molar-refractivity contribution in [1.29, 1.82) is 0 Å². The smallest absolute Gasteiger partial charge is 0.227 e. The Morgan fingerprint density at radius 3 is 2.75 bits per heavy atom. The van der Waals surface area contributed by atoms with E-state index < -0.39 is 0 Å². The maximum atomic E-state index is 5.69. The second kappa shape index (κ2) is 7.05. The molecule has 1 atom stereocenters. The van der Waals surface area contributed by atoms with E-state index in [1.165, 1.54) is 5.56 Å². The van der Waals surface area contributed by atoms with Crippen LogP contribution in [0.5, 0.6) is 0 Å². The Morgan fingerprint density at radius 2 is 2.05 bits per heavy atom. The number of hydrogen-bond acceptors (Lipinski definition) is 5. The Balaban J connectivity index is 1.91. The van der Waals surface area contributed by atoms with E-state index in [4.69, 9.17) is 15.0 Å². The normalized spacial score (nSPS) is 12.5. The van der Waals surface area contributed by atoms with Gasteiger partial charge in [0, 0.05) is 18.7 Å². The van der Waals surface area contributed by atoms with Crippen LogP contribution >= 0.6 is 0 Å². The summed E-state index contributed by atoms with van der Waals surface area (Å²) >= 11 is 0. The molecule has 1 aromatic carbocycles. The van der Waals surface area contributed by atoms with Gasteiger partial charge in [-0.05, 0) is 30.0 Å². The number of ether oxygens (including phenoxy) is 1. The Morgan fingerprint density at radius 1 is 1.30 bits per heavy atom. The highest BCUT2D eigenvalue weighted by molar-refractivity contribution is 5.40. The molecular formula is C15H21N3O2. The molecule has 0 fully saturated rings. The average molecular weight is 275 g/mol. The highest BCUT2D eigenvalue weighted by Crippen LogP contribution is 2.20. The third-order valence-electron chi connectivity index (χ3n) is 3.08. The van der Waals surface area contributed by atoms with Gasteiger partial charge >= 0.3 is 0 Å². The molecule has 5 heteroatoms. The van der Waals surface area contributed by atoms with Crippen LogP contribution < -0.4 is 5.73 Å². The van der Waals surface area contributed by atoms with Gasteiger partial charge < -0.3 is 15.0 Å². The third kappa shape index (κ3) is 4.06. The molecule has 5 nitrogen and oxygen atoms in total. The lowest BCUT2D eigenvalue weighted by Crippen LogP contribution is -2.00. The Bertz CT molecular complexity index is 522. The summed E-state index contributed by atoms with van der Waals surface area (Å²) in [5, 5.41) is 3.92. The van der Waals surface area contributed by atoms with Crippen molar-refractivity contribution in [3.8, 4) is 0 Å². The predicted molar refractivity (Wildman–Crippen MR) is 77.2 cm³/mol. The second-order valence-electron chi connectivity index (χ2n) is 4.93. The summed E-state index contributed by atoms with van der Waals surface area (Å²) in [6.45, 7) is 5.32. The van der Waals surface area contributed by atoms with Crippen LogP contribution in [-0.2, 0) is 17.8 Å². The van der Waals surface area contributed by atoms with E-state index in [9.17, 15) is 0 Å². The van der Waals surface area contributed by atoms with Crippen LogP contribution in [0.15, 0.2) is 28.8 Å². The average Bonchev–Trinajstić information content (AvgIpc) is 2.87. The fourth-order valence-corrected chi connectivity index (χ4v) is 1.94. The van der Waals surface area contributed by atoms with Gasteiger partial charge in [-0.25, -0.2) is 0 Å². The minimum Gasteiger partial charge on any atom is -0.399 e. The molecule has 0 aliphatic carbocycles. The zero-order valence-corrected chi connectivity index (χ0v) is 12.0. The molecule has 2 rings (SSSR count). The molecule has 1 aromatic heterocycles. The van der Waals surface area contributed by atoms with E-state index in [0.29, 0.717) is 37.3 Å². The van der Waals surface area contributed by atoms with Crippen molar-refractivity contribution in [1.82, 2.24) is 10.1 Å². The molecule has 0 saturated carbocycles. The first-order valence-corrected chi connectivity index (χ1v) is 6.93. The van der Waals surface area contributed by atoms with Gasteiger partial charge in [-0.15, -0.1) is 0 Å². The molecule has 0 aliphatic heterocycles. The minimum absolute atomic E-state index is 0.306. The van der Waals surface area contributed by atoms with E-state index >= 15 is 0 Å². The summed E-state index contributed by atoms with van der Waals surface area (Å²) in [6, 6.07) is 7.87. The fraction of sp³-hybridized carbons (Fsp3) is 0.467. The Hall–Kier alpha value is -1.88. The lowest BCUT2D eigenvalue weighted by Gasteiger charge is -2.09. The van der Waals surface area contributed by atoms with Gasteiger partial charge in [0.2, 0.25) is 5.89 Å². The number of rotatable bonds is 7. The standard InChI is InChI=1S/C15H21N3O2/c1-3-8-19-10-14-17-15(20-18-14)9-11(2)12-4-6-13(16)7-5-12/h4-7,11H,3,8-10,16H2,1-2H3. The van der Waals surface area contributed by atoms with Gasteiger partial charge in [-0.3, -0.25) is 0 Å². The Kier molecular flexibility index (Phi) is 5.12. The molecule has 1 heterocycles. The maximum Gasteiger partial charge on any atom is 0.227 e. The van der Waals surface area contributed by atoms with Gasteiger partial charge in [-0.1, -0.05) is 31.1 Å². The van der Waals surface area contributed by atoms with Crippen molar-refractivity contribution >= 4 is 5.69 Å². The van der Waals surface area contributed by atoms with E-state index in [1.54, 1.807) is 0 Å². The molecule has 108 valence electrons. The predicted octanol–water partition coefficient (Wildman–Crippen LogP) is 2.92. The molecule has 0 spiro atoms. The van der Waals surface area contributed by atoms with Gasteiger partial charge in [0.25, 0.3) is 0 Å². The van der Waals surface area contributed by atoms with Crippen LogP contribution in [0.2, 0.25) is 0 Å². The molecule has 0 aliphatic rings. The van der Waals surface area contributed by atoms with E-state index in [-0.39, 0.29) is 0 Å². The van der Waals surface area contributed by atoms with E-state index in [2.05, 4.69) is 24.0 Å². The van der Waals surface area contributed by atoms with Crippen LogP contribution in [0, 0.1) is 0 Å². The van der Waals surface area contributed by atoms with Crippen LogP contribution in [0.25, 0.3) is 0 Å². The van der Waals surface area contributed by atoms with Crippen LogP contribution in [-0.4, -0.2) is 16.7 Å². The number of aromatic nitrogens is 2. The summed E-state index contributed by atoms with van der Waals surface area (Å²) in [7, 11) is 0. The van der Waals surface area contributed by atoms with Gasteiger partial charge in [-0.2, -0.15) is 4.98 Å². The molecule has 1 unspecified atom stereocenters. The second-order valence-corrected chi connectivity index (χ2v) is 4.93. The number of nitrogens with two attached hydrogens (primary N) is 1. The number of anilines is 1. The number of nitrogens with zero attached hydrogens (tertiary/aromatic N) is 2. The van der Waals surface area contributed by atoms with Crippen LogP contribution in [0.1, 0.15) is 43.5 Å². The summed E-state index contributed by atoms with van der Waals surface area (Å²) in [5.41, 5.74) is 7.67. The Labute approximate surface area is 119 Å². The van der Waals surface area contributed by atoms with Gasteiger partial charge in [0.15, 0.2) is 5.82 Å². The van der Waals surface area contributed by atoms with Gasteiger partial charge in [0.05, 0.1) is 0 Å². The topological polar surface area (TPSA) is 74.2 Å². The highest BCUT2D eigenvalue weighted by Gasteiger charge is 2.12. The van der Waals surface area contributed by atoms with Crippen molar-refractivity contribution in [3.05, 3.63) is 41.5 Å². The first-order chi connectivity index (χ1) is 9.69. The quantitative estimate of drug-likeness (QED) is 0.621. The van der Waals surface area contributed by atoms with Crippen molar-refractivity contribution in [2.45, 2.75) is 39.2 Å². The SMILES string of the molecule is CCCOCc1noc(CC(C)c2ccc(N)cc2)n1. The lowest BCUT2D eigenvalue weighted by atomic mass is 9.98. The van der Waals surface area contributed by atoms with Gasteiger partial charge in [0.1, 0.15) is 6.61 Å². The summed E-state index contributed by atoms with van der Waals surface area (Å²) in [5.74, 6) is 1.56. The van der Waals surface area contributed by atoms with E-state index in [1.807, 2.05) is 24.3 Å². The maximum absolute atomic E-state index is 5.69. The summed E-state index contributed by atoms with van der Waals surface area (Å²) < 4.78 is 10.6. The first-order valence-electron chi connectivity index (χ1n) is 6.93. The molecule has 20 heavy (non-hydrogen) atoms. The largest absolute Gasteiger partial charge is 0.399 e. The number of benzene rings is 1. The molecule has 0 amide bonds. The first kappa shape index (κ1) is 14.5. The molecule has 0 bridgehead atoms. The summed E-state index contributed by atoms with van der Waals surface area (Å²) in [4.78, 5) is 4.34. The van der Waals surface area contributed by atoms with Crippen LogP contribution in [0.3, 0.4) is 0 Å². The van der Waals surface area contributed by atoms with Crippen molar-refractivity contribution < 1.29 is 9.26 Å². The molecule has 2 aromatic rings. The number of hydrogen-bond donors (Lipinski definition) is 1. The zero-order valence-electron chi connectivity index (χ0n) is 12.0. The third-order valence-corrected chi connectivity index (χ3v) is 3.08. The monoisotopic (exact) mass is 275 g/mol. The molecular weight excluding hydrogens is 254 g/mol. The summed E-state index contributed by atoms with van der Waals surface area (Å²) in [6.07, 6.45) is 1.70. The lowest BCUT2D eigenvalue weighted by molar-refractivity contribution is 0.114. The molecule has 0 saturated heterocycles. The fourth-order valence-electron chi connectivity index (χ4n) is 1.94. The van der Waals surface area contributed by atoms with Crippen LogP contribution in [0.4, 0.5) is 5.69 Å². The van der Waals surface area contributed by atoms with Crippen molar-refractivity contribution in [3.63, 3.8) is 0 Å². The molecule has 0 radical (unpaired) electrons.